The van der Waals surface area contributed by atoms with Crippen LogP contribution in [0.4, 0.5) is 0 Å². The Balaban J connectivity index is 0.000000255. The number of ether oxygens (including phenoxy) is 1. The van der Waals surface area contributed by atoms with Crippen LogP contribution in [0.25, 0.3) is 0 Å². The molecule has 0 aliphatic carbocycles. The molecular weight excluding hydrogens is 223 g/mol. The second kappa shape index (κ2) is 7.42. The van der Waals surface area contributed by atoms with Gasteiger partial charge in [0.15, 0.2) is 0 Å². The summed E-state index contributed by atoms with van der Waals surface area (Å²) in [4.78, 5) is 9.84. The van der Waals surface area contributed by atoms with Crippen molar-refractivity contribution in [3.8, 4) is 0 Å². The van der Waals surface area contributed by atoms with Crippen molar-refractivity contribution >= 4 is 29.2 Å². The van der Waals surface area contributed by atoms with E-state index in [0.29, 0.717) is 10.0 Å². The first kappa shape index (κ1) is 13.0. The second-order valence-electron chi connectivity index (χ2n) is 2.14. The molecule has 0 bridgehead atoms. The zero-order valence-corrected chi connectivity index (χ0v) is 9.18. The molecule has 0 radical (unpaired) electrons. The smallest absolute Gasteiger partial charge is 0.329 e. The molecule has 0 aromatic heterocycles. The number of rotatable bonds is 1. The van der Waals surface area contributed by atoms with Crippen LogP contribution in [-0.4, -0.2) is 13.1 Å². The zero-order chi connectivity index (χ0) is 11.0. The standard InChI is InChI=1S/C6H4Cl2.C4H6O2/c7-5-3-1-2-4-6(5)8;1-3-4(5)6-2/h1-4H;3H,1H2,2H3. The van der Waals surface area contributed by atoms with Crippen LogP contribution < -0.4 is 0 Å². The van der Waals surface area contributed by atoms with Gasteiger partial charge < -0.3 is 4.74 Å². The largest absolute Gasteiger partial charge is 0.466 e. The van der Waals surface area contributed by atoms with Crippen LogP contribution >= 0.6 is 23.2 Å². The zero-order valence-electron chi connectivity index (χ0n) is 7.67. The maximum Gasteiger partial charge on any atom is 0.329 e. The normalized spacial score (nSPS) is 8.21. The molecular formula is C10H10Cl2O2. The van der Waals surface area contributed by atoms with Crippen LogP contribution in [0.5, 0.6) is 0 Å². The molecule has 76 valence electrons. The average molecular weight is 233 g/mol. The van der Waals surface area contributed by atoms with Gasteiger partial charge in [0, 0.05) is 6.08 Å². The molecule has 0 saturated carbocycles. The predicted octanol–water partition coefficient (Wildman–Crippen LogP) is 3.34. The maximum absolute atomic E-state index is 9.84. The van der Waals surface area contributed by atoms with Crippen LogP contribution in [0.2, 0.25) is 10.0 Å². The Morgan fingerprint density at radius 2 is 1.79 bits per heavy atom. The summed E-state index contributed by atoms with van der Waals surface area (Å²) in [6, 6.07) is 7.19. The Morgan fingerprint density at radius 3 is 1.93 bits per heavy atom. The lowest BCUT2D eigenvalue weighted by atomic mass is 10.4. The number of methoxy groups -OCH3 is 1. The summed E-state index contributed by atoms with van der Waals surface area (Å²) >= 11 is 11.2. The molecule has 1 rings (SSSR count). The highest BCUT2D eigenvalue weighted by Gasteiger charge is 1.89. The van der Waals surface area contributed by atoms with Crippen LogP contribution in [-0.2, 0) is 9.53 Å². The second-order valence-corrected chi connectivity index (χ2v) is 2.96. The minimum absolute atomic E-state index is 0.394. The molecule has 4 heteroatoms. The van der Waals surface area contributed by atoms with Crippen molar-refractivity contribution < 1.29 is 9.53 Å². The highest BCUT2D eigenvalue weighted by Crippen LogP contribution is 2.19. The van der Waals surface area contributed by atoms with E-state index in [1.165, 1.54) is 7.11 Å². The lowest BCUT2D eigenvalue weighted by molar-refractivity contribution is -0.134. The van der Waals surface area contributed by atoms with Gasteiger partial charge >= 0.3 is 5.97 Å². The highest BCUT2D eigenvalue weighted by atomic mass is 35.5. The van der Waals surface area contributed by atoms with E-state index in [4.69, 9.17) is 23.2 Å². The van der Waals surface area contributed by atoms with E-state index in [9.17, 15) is 4.79 Å². The van der Waals surface area contributed by atoms with Gasteiger partial charge in [0.25, 0.3) is 0 Å². The quantitative estimate of drug-likeness (QED) is 0.549. The summed E-state index contributed by atoms with van der Waals surface area (Å²) in [6.45, 7) is 3.16. The molecule has 0 aliphatic rings. The molecule has 0 amide bonds. The summed E-state index contributed by atoms with van der Waals surface area (Å²) in [5.74, 6) is -0.394. The molecule has 1 aromatic rings. The lowest BCUT2D eigenvalue weighted by Crippen LogP contribution is -1.91. The fourth-order valence-corrected chi connectivity index (χ4v) is 0.794. The van der Waals surface area contributed by atoms with Crippen LogP contribution in [0, 0.1) is 0 Å². The monoisotopic (exact) mass is 232 g/mol. The third kappa shape index (κ3) is 5.62. The van der Waals surface area contributed by atoms with Crippen LogP contribution in [0.3, 0.4) is 0 Å². The summed E-state index contributed by atoms with van der Waals surface area (Å²) in [6.07, 6.45) is 1.11. The first-order valence-corrected chi connectivity index (χ1v) is 4.47. The topological polar surface area (TPSA) is 26.3 Å². The van der Waals surface area contributed by atoms with E-state index in [-0.39, 0.29) is 0 Å². The number of carbonyl (C=O) groups is 1. The maximum atomic E-state index is 9.84. The van der Waals surface area contributed by atoms with Gasteiger partial charge in [-0.05, 0) is 12.1 Å². The van der Waals surface area contributed by atoms with Gasteiger partial charge in [-0.3, -0.25) is 0 Å². The summed E-state index contributed by atoms with van der Waals surface area (Å²) in [5, 5.41) is 1.21. The van der Waals surface area contributed by atoms with Crippen molar-refractivity contribution in [2.45, 2.75) is 0 Å². The first-order chi connectivity index (χ1) is 6.61. The molecule has 0 atom stereocenters. The summed E-state index contributed by atoms with van der Waals surface area (Å²) in [5.41, 5.74) is 0. The number of hydrogen-bond acceptors (Lipinski definition) is 2. The summed E-state index contributed by atoms with van der Waals surface area (Å²) < 4.78 is 4.14. The van der Waals surface area contributed by atoms with E-state index in [1.54, 1.807) is 12.1 Å². The van der Waals surface area contributed by atoms with Crippen molar-refractivity contribution in [3.05, 3.63) is 47.0 Å². The van der Waals surface area contributed by atoms with Crippen LogP contribution in [0.15, 0.2) is 36.9 Å². The van der Waals surface area contributed by atoms with Crippen molar-refractivity contribution in [2.24, 2.45) is 0 Å². The number of carbonyl (C=O) groups excluding carboxylic acids is 1. The number of halogens is 2. The van der Waals surface area contributed by atoms with E-state index in [1.807, 2.05) is 12.1 Å². The van der Waals surface area contributed by atoms with Gasteiger partial charge in [-0.15, -0.1) is 0 Å². The minimum Gasteiger partial charge on any atom is -0.466 e. The molecule has 1 aromatic carbocycles. The van der Waals surface area contributed by atoms with Gasteiger partial charge in [0.2, 0.25) is 0 Å². The average Bonchev–Trinajstić information content (AvgIpc) is 2.22. The van der Waals surface area contributed by atoms with E-state index >= 15 is 0 Å². The van der Waals surface area contributed by atoms with Crippen molar-refractivity contribution in [2.75, 3.05) is 7.11 Å². The van der Waals surface area contributed by atoms with Gasteiger partial charge in [-0.2, -0.15) is 0 Å². The number of esters is 1. The number of hydrogen-bond donors (Lipinski definition) is 0. The Morgan fingerprint density at radius 1 is 1.36 bits per heavy atom. The molecule has 0 unspecified atom stereocenters. The predicted molar refractivity (Wildman–Crippen MR) is 58.7 cm³/mol. The first-order valence-electron chi connectivity index (χ1n) is 3.72. The van der Waals surface area contributed by atoms with Crippen molar-refractivity contribution in [3.63, 3.8) is 0 Å². The highest BCUT2D eigenvalue weighted by molar-refractivity contribution is 6.41. The molecule has 0 fully saturated rings. The lowest BCUT2D eigenvalue weighted by Gasteiger charge is -1.88. The molecule has 0 saturated heterocycles. The fraction of sp³-hybridized carbons (Fsp3) is 0.100. The Labute approximate surface area is 93.1 Å². The van der Waals surface area contributed by atoms with Crippen LogP contribution in [0.1, 0.15) is 0 Å². The van der Waals surface area contributed by atoms with Gasteiger partial charge in [-0.1, -0.05) is 41.9 Å². The van der Waals surface area contributed by atoms with E-state index < -0.39 is 5.97 Å². The third-order valence-electron chi connectivity index (χ3n) is 1.19. The van der Waals surface area contributed by atoms with Gasteiger partial charge in [0.05, 0.1) is 17.2 Å². The molecule has 0 heterocycles. The Bertz CT molecular complexity index is 290. The molecule has 14 heavy (non-hydrogen) atoms. The Kier molecular flexibility index (Phi) is 6.89. The van der Waals surface area contributed by atoms with Gasteiger partial charge in [-0.25, -0.2) is 4.79 Å². The van der Waals surface area contributed by atoms with E-state index in [0.717, 1.165) is 6.08 Å². The molecule has 0 N–H and O–H groups in total. The van der Waals surface area contributed by atoms with E-state index in [2.05, 4.69) is 11.3 Å². The number of benzene rings is 1. The van der Waals surface area contributed by atoms with Crippen molar-refractivity contribution in [1.29, 1.82) is 0 Å². The Hall–Kier alpha value is -0.990. The minimum atomic E-state index is -0.394. The molecule has 0 spiro atoms. The fourth-order valence-electron chi connectivity index (χ4n) is 0.523. The summed E-state index contributed by atoms with van der Waals surface area (Å²) in [7, 11) is 1.31. The third-order valence-corrected chi connectivity index (χ3v) is 1.95. The molecule has 2 nitrogen and oxygen atoms in total. The SMILES string of the molecule is C=CC(=O)OC.Clc1ccccc1Cl. The van der Waals surface area contributed by atoms with Gasteiger partial charge in [0.1, 0.15) is 0 Å². The molecule has 0 aliphatic heterocycles. The van der Waals surface area contributed by atoms with Crippen molar-refractivity contribution in [1.82, 2.24) is 0 Å².